The van der Waals surface area contributed by atoms with Crippen molar-refractivity contribution in [1.29, 1.82) is 0 Å². The molecule has 0 fully saturated rings. The lowest BCUT2D eigenvalue weighted by Crippen LogP contribution is -2.30. The van der Waals surface area contributed by atoms with Gasteiger partial charge in [0.25, 0.3) is 0 Å². The summed E-state index contributed by atoms with van der Waals surface area (Å²) in [5.74, 6) is -0.384. The van der Waals surface area contributed by atoms with Crippen LogP contribution in [-0.4, -0.2) is 37.9 Å². The zero-order valence-electron chi connectivity index (χ0n) is 42.4. The summed E-state index contributed by atoms with van der Waals surface area (Å²) in [6.07, 6.45) is 62.3. The summed E-state index contributed by atoms with van der Waals surface area (Å²) in [6, 6.07) is 0. The third kappa shape index (κ3) is 51.3. The summed E-state index contributed by atoms with van der Waals surface area (Å²) in [5.41, 5.74) is 0. The van der Waals surface area contributed by atoms with Crippen molar-refractivity contribution >= 4 is 11.9 Å². The highest BCUT2D eigenvalue weighted by Gasteiger charge is 2.17. The third-order valence-corrected chi connectivity index (χ3v) is 12.8. The average Bonchev–Trinajstić information content (AvgIpc) is 3.27. The molecule has 5 nitrogen and oxygen atoms in total. The van der Waals surface area contributed by atoms with Gasteiger partial charge in [-0.25, -0.2) is 0 Å². The summed E-state index contributed by atoms with van der Waals surface area (Å²) in [5, 5.41) is 0. The molecule has 0 spiro atoms. The fourth-order valence-corrected chi connectivity index (χ4v) is 8.57. The van der Waals surface area contributed by atoms with Crippen LogP contribution < -0.4 is 0 Å². The summed E-state index contributed by atoms with van der Waals surface area (Å²) in [7, 11) is 0. The fourth-order valence-electron chi connectivity index (χ4n) is 8.57. The lowest BCUT2D eigenvalue weighted by Gasteiger charge is -2.18. The Balaban J connectivity index is 4.14. The van der Waals surface area contributed by atoms with Gasteiger partial charge in [0.05, 0.1) is 6.61 Å². The van der Waals surface area contributed by atoms with Crippen molar-refractivity contribution in [2.75, 3.05) is 19.8 Å². The molecule has 1 atom stereocenters. The van der Waals surface area contributed by atoms with Crippen LogP contribution in [0.25, 0.3) is 0 Å². The maximum absolute atomic E-state index is 12.8. The molecule has 62 heavy (non-hydrogen) atoms. The molecule has 0 saturated carbocycles. The first kappa shape index (κ1) is 60.6. The maximum Gasteiger partial charge on any atom is 0.306 e. The van der Waals surface area contributed by atoms with Gasteiger partial charge >= 0.3 is 11.9 Å². The molecule has 368 valence electrons. The second-order valence-corrected chi connectivity index (χ2v) is 19.2. The average molecular weight is 876 g/mol. The van der Waals surface area contributed by atoms with E-state index in [4.69, 9.17) is 14.2 Å². The number of ether oxygens (including phenoxy) is 3. The van der Waals surface area contributed by atoms with Gasteiger partial charge in [0.15, 0.2) is 6.10 Å². The van der Waals surface area contributed by atoms with Crippen LogP contribution in [0.4, 0.5) is 0 Å². The molecule has 0 aliphatic rings. The molecule has 0 aromatic heterocycles. The lowest BCUT2D eigenvalue weighted by molar-refractivity contribution is -0.163. The molecule has 0 N–H and O–H groups in total. The van der Waals surface area contributed by atoms with E-state index in [1.165, 1.54) is 244 Å². The highest BCUT2D eigenvalue weighted by Crippen LogP contribution is 2.17. The van der Waals surface area contributed by atoms with Gasteiger partial charge in [-0.2, -0.15) is 0 Å². The number of unbranched alkanes of at least 4 members (excludes halogenated alkanes) is 40. The van der Waals surface area contributed by atoms with E-state index in [2.05, 4.69) is 32.9 Å². The van der Waals surface area contributed by atoms with Gasteiger partial charge in [-0.3, -0.25) is 9.59 Å². The van der Waals surface area contributed by atoms with E-state index < -0.39 is 6.10 Å². The Morgan fingerprint density at radius 3 is 0.984 bits per heavy atom. The minimum atomic E-state index is -0.529. The van der Waals surface area contributed by atoms with Gasteiger partial charge in [0.2, 0.25) is 0 Å². The van der Waals surface area contributed by atoms with E-state index in [-0.39, 0.29) is 18.5 Å². The molecule has 0 saturated heterocycles. The van der Waals surface area contributed by atoms with Gasteiger partial charge < -0.3 is 14.2 Å². The largest absolute Gasteiger partial charge is 0.462 e. The molecule has 0 radical (unpaired) electrons. The van der Waals surface area contributed by atoms with E-state index in [0.29, 0.717) is 26.1 Å². The second-order valence-electron chi connectivity index (χ2n) is 19.2. The number of carbonyl (C=O) groups excluding carboxylic acids is 2. The van der Waals surface area contributed by atoms with Crippen molar-refractivity contribution in [1.82, 2.24) is 0 Å². The first-order valence-electron chi connectivity index (χ1n) is 28.2. The molecule has 0 amide bonds. The minimum absolute atomic E-state index is 0.0904. The van der Waals surface area contributed by atoms with Gasteiger partial charge in [-0.1, -0.05) is 270 Å². The number of hydrogen-bond acceptors (Lipinski definition) is 5. The van der Waals surface area contributed by atoms with Crippen molar-refractivity contribution in [3.63, 3.8) is 0 Å². The fraction of sp³-hybridized carbons (Fsp3) is 0.930. The number of allylic oxidation sites excluding steroid dienone is 2. The number of rotatable bonds is 53. The summed E-state index contributed by atoms with van der Waals surface area (Å²) < 4.78 is 17.4. The van der Waals surface area contributed by atoms with Crippen LogP contribution >= 0.6 is 0 Å². The standard InChI is InChI=1S/C57H110O5/c1-4-7-10-13-16-19-22-24-26-27-28-29-30-32-34-37-40-43-46-49-52-60-53-55(62-57(59)51-48-45-42-39-35-21-18-15-12-9-6-3)54-61-56(58)50-47-44-41-38-36-33-31-25-23-20-17-14-11-8-5-2/h25,31,55H,4-24,26-30,32-54H2,1-3H3/b31-25-. The Morgan fingerprint density at radius 2 is 0.629 bits per heavy atom. The van der Waals surface area contributed by atoms with E-state index in [1.807, 2.05) is 0 Å². The van der Waals surface area contributed by atoms with Gasteiger partial charge in [-0.05, 0) is 44.9 Å². The van der Waals surface area contributed by atoms with Crippen molar-refractivity contribution < 1.29 is 23.8 Å². The van der Waals surface area contributed by atoms with E-state index in [1.54, 1.807) is 0 Å². The van der Waals surface area contributed by atoms with E-state index in [0.717, 1.165) is 38.5 Å². The lowest BCUT2D eigenvalue weighted by atomic mass is 10.0. The predicted molar refractivity (Wildman–Crippen MR) is 270 cm³/mol. The molecule has 0 bridgehead atoms. The van der Waals surface area contributed by atoms with Gasteiger partial charge in [-0.15, -0.1) is 0 Å². The first-order valence-corrected chi connectivity index (χ1v) is 28.2. The van der Waals surface area contributed by atoms with Crippen LogP contribution in [0.1, 0.15) is 316 Å². The molecule has 0 aromatic rings. The Hall–Kier alpha value is -1.36. The van der Waals surface area contributed by atoms with Gasteiger partial charge in [0, 0.05) is 19.4 Å². The smallest absolute Gasteiger partial charge is 0.306 e. The quantitative estimate of drug-likeness (QED) is 0.0346. The Morgan fingerprint density at radius 1 is 0.339 bits per heavy atom. The Bertz CT molecular complexity index is 902. The Kier molecular flexibility index (Phi) is 52.8. The molecule has 0 aliphatic carbocycles. The SMILES string of the molecule is CCCCCCCC/C=C\CCCCCCCC(=O)OCC(COCCCCCCCCCCCCCCCCCCCCCC)OC(=O)CCCCCCCCCCCCC. The normalized spacial score (nSPS) is 12.1. The predicted octanol–water partition coefficient (Wildman–Crippen LogP) is 19.0. The first-order chi connectivity index (χ1) is 30.6. The van der Waals surface area contributed by atoms with Crippen LogP contribution in [0.3, 0.4) is 0 Å². The van der Waals surface area contributed by atoms with Crippen LogP contribution in [0.15, 0.2) is 12.2 Å². The summed E-state index contributed by atoms with van der Waals surface area (Å²) in [6.45, 7) is 7.88. The van der Waals surface area contributed by atoms with Crippen LogP contribution in [0.5, 0.6) is 0 Å². The van der Waals surface area contributed by atoms with Crippen LogP contribution in [0.2, 0.25) is 0 Å². The molecule has 0 rings (SSSR count). The topological polar surface area (TPSA) is 61.8 Å². The molecule has 0 heterocycles. The third-order valence-electron chi connectivity index (χ3n) is 12.8. The highest BCUT2D eigenvalue weighted by atomic mass is 16.6. The van der Waals surface area contributed by atoms with E-state index >= 15 is 0 Å². The highest BCUT2D eigenvalue weighted by molar-refractivity contribution is 5.70. The number of esters is 2. The van der Waals surface area contributed by atoms with Crippen molar-refractivity contribution in [2.24, 2.45) is 0 Å². The van der Waals surface area contributed by atoms with Crippen molar-refractivity contribution in [2.45, 2.75) is 322 Å². The minimum Gasteiger partial charge on any atom is -0.462 e. The van der Waals surface area contributed by atoms with E-state index in [9.17, 15) is 9.59 Å². The van der Waals surface area contributed by atoms with Crippen molar-refractivity contribution in [3.05, 3.63) is 12.2 Å². The number of carbonyl (C=O) groups is 2. The zero-order valence-corrected chi connectivity index (χ0v) is 42.4. The molecular weight excluding hydrogens is 765 g/mol. The summed E-state index contributed by atoms with van der Waals surface area (Å²) in [4.78, 5) is 25.4. The molecule has 5 heteroatoms. The molecular formula is C57H110O5. The molecule has 0 aliphatic heterocycles. The number of hydrogen-bond donors (Lipinski definition) is 0. The zero-order chi connectivity index (χ0) is 44.9. The maximum atomic E-state index is 12.8. The van der Waals surface area contributed by atoms with Crippen LogP contribution in [-0.2, 0) is 23.8 Å². The molecule has 1 unspecified atom stereocenters. The molecule has 0 aromatic carbocycles. The van der Waals surface area contributed by atoms with Gasteiger partial charge in [0.1, 0.15) is 6.61 Å². The second kappa shape index (κ2) is 54.0. The monoisotopic (exact) mass is 875 g/mol. The summed E-state index contributed by atoms with van der Waals surface area (Å²) >= 11 is 0. The van der Waals surface area contributed by atoms with Crippen molar-refractivity contribution in [3.8, 4) is 0 Å². The van der Waals surface area contributed by atoms with Crippen LogP contribution in [0, 0.1) is 0 Å². The Labute approximate surface area is 388 Å².